The molecule has 3 rings (SSSR count). The van der Waals surface area contributed by atoms with E-state index in [1.54, 1.807) is 18.2 Å². The lowest BCUT2D eigenvalue weighted by Gasteiger charge is -2.33. The minimum absolute atomic E-state index is 0.101. The molecule has 1 aliphatic heterocycles. The van der Waals surface area contributed by atoms with Crippen LogP contribution in [-0.4, -0.2) is 31.2 Å². The van der Waals surface area contributed by atoms with Gasteiger partial charge in [-0.15, -0.1) is 0 Å². The third-order valence-corrected chi connectivity index (χ3v) is 6.51. The molecule has 2 aromatic rings. The number of nitrogens with one attached hydrogen (secondary N) is 1. The Kier molecular flexibility index (Phi) is 5.76. The van der Waals surface area contributed by atoms with Crippen LogP contribution in [-0.2, 0) is 21.0 Å². The maximum Gasteiger partial charge on any atom is 0.416 e. The number of benzene rings is 2. The second-order valence-corrected chi connectivity index (χ2v) is 8.40. The molecule has 1 aliphatic rings. The normalized spacial score (nSPS) is 18.6. The van der Waals surface area contributed by atoms with E-state index in [-0.39, 0.29) is 17.1 Å². The van der Waals surface area contributed by atoms with Gasteiger partial charge in [-0.2, -0.15) is 17.5 Å². The number of alkyl halides is 3. The minimum Gasteiger partial charge on any atom is -0.325 e. The molecule has 0 aromatic heterocycles. The minimum atomic E-state index is -4.47. The number of hydrogen-bond donors (Lipinski definition) is 1. The van der Waals surface area contributed by atoms with Crippen molar-refractivity contribution < 1.29 is 26.4 Å². The number of nitrogens with zero attached hydrogens (tertiary/aromatic N) is 1. The van der Waals surface area contributed by atoms with Crippen LogP contribution in [0.4, 0.5) is 18.9 Å². The van der Waals surface area contributed by atoms with Gasteiger partial charge < -0.3 is 5.32 Å². The van der Waals surface area contributed by atoms with E-state index in [4.69, 9.17) is 0 Å². The number of carbonyl (C=O) groups excluding carboxylic acids is 1. The highest BCUT2D eigenvalue weighted by Gasteiger charge is 2.37. The van der Waals surface area contributed by atoms with Gasteiger partial charge in [0.15, 0.2) is 0 Å². The Hall–Kier alpha value is -2.39. The topological polar surface area (TPSA) is 66.5 Å². The lowest BCUT2D eigenvalue weighted by Crippen LogP contribution is -2.49. The smallest absolute Gasteiger partial charge is 0.325 e. The molecule has 1 amide bonds. The summed E-state index contributed by atoms with van der Waals surface area (Å²) in [6.07, 6.45) is -2.80. The number of anilines is 1. The zero-order valence-electron chi connectivity index (χ0n) is 14.8. The van der Waals surface area contributed by atoms with Crippen molar-refractivity contribution in [3.63, 3.8) is 0 Å². The van der Waals surface area contributed by atoms with Gasteiger partial charge in [-0.3, -0.25) is 4.79 Å². The summed E-state index contributed by atoms with van der Waals surface area (Å²) < 4.78 is 65.0. The van der Waals surface area contributed by atoms with Crippen molar-refractivity contribution in [1.29, 1.82) is 0 Å². The van der Waals surface area contributed by atoms with Crippen molar-refractivity contribution in [2.45, 2.75) is 36.4 Å². The maximum atomic E-state index is 12.9. The summed E-state index contributed by atoms with van der Waals surface area (Å²) in [5, 5.41) is 2.53. The number of rotatable bonds is 4. The molecule has 0 aliphatic carbocycles. The SMILES string of the molecule is O=C(Nc1ccc(C(F)(F)F)cc1)C1CCCCN1S(=O)(=O)c1ccccc1. The van der Waals surface area contributed by atoms with Gasteiger partial charge in [-0.25, -0.2) is 8.42 Å². The average Bonchev–Trinajstić information content (AvgIpc) is 2.68. The van der Waals surface area contributed by atoms with Crippen LogP contribution in [0, 0.1) is 0 Å². The quantitative estimate of drug-likeness (QED) is 0.829. The van der Waals surface area contributed by atoms with Gasteiger partial charge in [0.25, 0.3) is 0 Å². The predicted octanol–water partition coefficient (Wildman–Crippen LogP) is 3.89. The van der Waals surface area contributed by atoms with Crippen LogP contribution in [0.3, 0.4) is 0 Å². The van der Waals surface area contributed by atoms with Crippen LogP contribution < -0.4 is 5.32 Å². The van der Waals surface area contributed by atoms with Gasteiger partial charge >= 0.3 is 6.18 Å². The van der Waals surface area contributed by atoms with Gasteiger partial charge in [-0.1, -0.05) is 24.6 Å². The Morgan fingerprint density at radius 2 is 1.64 bits per heavy atom. The summed E-state index contributed by atoms with van der Waals surface area (Å²) in [4.78, 5) is 12.8. The summed E-state index contributed by atoms with van der Waals surface area (Å²) in [7, 11) is -3.85. The van der Waals surface area contributed by atoms with E-state index in [9.17, 15) is 26.4 Å². The van der Waals surface area contributed by atoms with Crippen LogP contribution >= 0.6 is 0 Å². The number of halogens is 3. The standard InChI is InChI=1S/C19H19F3N2O3S/c20-19(21,22)14-9-11-15(12-10-14)23-18(25)17-8-4-5-13-24(17)28(26,27)16-6-2-1-3-7-16/h1-3,6-7,9-12,17H,4-5,8,13H2,(H,23,25). The summed E-state index contributed by atoms with van der Waals surface area (Å²) >= 11 is 0. The molecule has 1 fully saturated rings. The van der Waals surface area contributed by atoms with E-state index >= 15 is 0 Å². The molecule has 1 atom stereocenters. The third-order valence-electron chi connectivity index (χ3n) is 4.59. The molecule has 0 radical (unpaired) electrons. The third kappa shape index (κ3) is 4.36. The van der Waals surface area contributed by atoms with Crippen LogP contribution in [0.2, 0.25) is 0 Å². The highest BCUT2D eigenvalue weighted by Crippen LogP contribution is 2.30. The van der Waals surface area contributed by atoms with Crippen LogP contribution in [0.15, 0.2) is 59.5 Å². The van der Waals surface area contributed by atoms with Crippen molar-refractivity contribution in [2.24, 2.45) is 0 Å². The first-order valence-electron chi connectivity index (χ1n) is 8.74. The lowest BCUT2D eigenvalue weighted by atomic mass is 10.0. The molecule has 150 valence electrons. The Morgan fingerprint density at radius 1 is 1.00 bits per heavy atom. The Labute approximate surface area is 161 Å². The van der Waals surface area contributed by atoms with E-state index in [2.05, 4.69) is 5.32 Å². The first-order chi connectivity index (χ1) is 13.2. The van der Waals surface area contributed by atoms with Crippen LogP contribution in [0.5, 0.6) is 0 Å². The van der Waals surface area contributed by atoms with Crippen molar-refractivity contribution in [3.8, 4) is 0 Å². The van der Waals surface area contributed by atoms with E-state index in [1.165, 1.54) is 16.4 Å². The monoisotopic (exact) mass is 412 g/mol. The largest absolute Gasteiger partial charge is 0.416 e. The fourth-order valence-corrected chi connectivity index (χ4v) is 4.83. The number of amides is 1. The van der Waals surface area contributed by atoms with E-state index in [1.807, 2.05) is 0 Å². The Balaban J connectivity index is 1.79. The zero-order chi connectivity index (χ0) is 20.4. The van der Waals surface area contributed by atoms with Gasteiger partial charge in [0.1, 0.15) is 6.04 Å². The molecule has 0 spiro atoms. The summed E-state index contributed by atoms with van der Waals surface area (Å²) in [6.45, 7) is 0.211. The fourth-order valence-electron chi connectivity index (χ4n) is 3.15. The Bertz CT molecular complexity index is 929. The molecule has 1 unspecified atom stereocenters. The molecule has 2 aromatic carbocycles. The van der Waals surface area contributed by atoms with Crippen LogP contribution in [0.25, 0.3) is 0 Å². The lowest BCUT2D eigenvalue weighted by molar-refractivity contribution is -0.137. The highest BCUT2D eigenvalue weighted by molar-refractivity contribution is 7.89. The second kappa shape index (κ2) is 7.92. The first-order valence-corrected chi connectivity index (χ1v) is 10.2. The molecule has 1 N–H and O–H groups in total. The van der Waals surface area contributed by atoms with Gasteiger partial charge in [0.2, 0.25) is 15.9 Å². The number of hydrogen-bond acceptors (Lipinski definition) is 3. The van der Waals surface area contributed by atoms with Gasteiger partial charge in [0.05, 0.1) is 10.5 Å². The Morgan fingerprint density at radius 3 is 2.25 bits per heavy atom. The molecule has 1 saturated heterocycles. The molecular formula is C19H19F3N2O3S. The fraction of sp³-hybridized carbons (Fsp3) is 0.316. The van der Waals surface area contributed by atoms with Crippen molar-refractivity contribution in [2.75, 3.05) is 11.9 Å². The second-order valence-electron chi connectivity index (χ2n) is 6.50. The summed E-state index contributed by atoms with van der Waals surface area (Å²) in [6, 6.07) is 11.0. The number of sulfonamides is 1. The van der Waals surface area contributed by atoms with Crippen molar-refractivity contribution in [1.82, 2.24) is 4.31 Å². The van der Waals surface area contributed by atoms with E-state index < -0.39 is 33.7 Å². The molecule has 9 heteroatoms. The molecule has 5 nitrogen and oxygen atoms in total. The number of carbonyl (C=O) groups is 1. The van der Waals surface area contributed by atoms with Gasteiger partial charge in [-0.05, 0) is 49.2 Å². The number of piperidine rings is 1. The molecule has 0 bridgehead atoms. The summed E-state index contributed by atoms with van der Waals surface area (Å²) in [5.41, 5.74) is -0.642. The average molecular weight is 412 g/mol. The molecule has 28 heavy (non-hydrogen) atoms. The van der Waals surface area contributed by atoms with Crippen LogP contribution in [0.1, 0.15) is 24.8 Å². The summed E-state index contributed by atoms with van der Waals surface area (Å²) in [5.74, 6) is -0.557. The van der Waals surface area contributed by atoms with Crippen molar-refractivity contribution >= 4 is 21.6 Å². The van der Waals surface area contributed by atoms with E-state index in [0.29, 0.717) is 19.3 Å². The maximum absolute atomic E-state index is 12.9. The first kappa shape index (κ1) is 20.3. The van der Waals surface area contributed by atoms with E-state index in [0.717, 1.165) is 24.3 Å². The molecule has 1 heterocycles. The molecule has 0 saturated carbocycles. The predicted molar refractivity (Wildman–Crippen MR) is 98.0 cm³/mol. The highest BCUT2D eigenvalue weighted by atomic mass is 32.2. The van der Waals surface area contributed by atoms with Crippen molar-refractivity contribution in [3.05, 3.63) is 60.2 Å². The zero-order valence-corrected chi connectivity index (χ0v) is 15.6. The van der Waals surface area contributed by atoms with Gasteiger partial charge in [0, 0.05) is 12.2 Å². The molecular weight excluding hydrogens is 393 g/mol.